The maximum Gasteiger partial charge on any atom is 0.165 e. The van der Waals surface area contributed by atoms with Gasteiger partial charge in [-0.05, 0) is 185 Å². The van der Waals surface area contributed by atoms with Crippen LogP contribution in [0.2, 0.25) is 0 Å². The van der Waals surface area contributed by atoms with Gasteiger partial charge in [-0.2, -0.15) is 0 Å². The molecule has 684 valence electrons. The highest BCUT2D eigenvalue weighted by Crippen LogP contribution is 2.51. The highest BCUT2D eigenvalue weighted by atomic mass is 32.1. The molecule has 0 saturated carbocycles. The molecular formula is C135H81N9OS2. The Bertz CT molecular complexity index is 10000. The first-order chi connectivity index (χ1) is 72.8. The van der Waals surface area contributed by atoms with Crippen LogP contribution in [-0.4, -0.2) is 44.9 Å². The first-order valence-corrected chi connectivity index (χ1v) is 51.0. The van der Waals surface area contributed by atoms with Gasteiger partial charge in [0.1, 0.15) is 11.2 Å². The molecule has 6 heterocycles. The van der Waals surface area contributed by atoms with Gasteiger partial charge in [-0.25, -0.2) is 44.9 Å². The Morgan fingerprint density at radius 3 is 0.850 bits per heavy atom. The number of hydrogen-bond acceptors (Lipinski definition) is 12. The van der Waals surface area contributed by atoms with E-state index in [9.17, 15) is 0 Å². The van der Waals surface area contributed by atoms with Crippen molar-refractivity contribution in [3.8, 4) is 136 Å². The average molecular weight is 1910 g/mol. The summed E-state index contributed by atoms with van der Waals surface area (Å²) in [6.07, 6.45) is 0. The Kier molecular flexibility index (Phi) is 21.1. The van der Waals surface area contributed by atoms with Crippen molar-refractivity contribution in [3.63, 3.8) is 0 Å². The average Bonchev–Trinajstić information content (AvgIpc) is 1.57. The van der Waals surface area contributed by atoms with Crippen molar-refractivity contribution >= 4 is 182 Å². The predicted molar refractivity (Wildman–Crippen MR) is 615 cm³/mol. The fraction of sp³-hybridized carbons (Fsp3) is 0. The van der Waals surface area contributed by atoms with Gasteiger partial charge >= 0.3 is 0 Å². The fourth-order valence-corrected chi connectivity index (χ4v) is 23.7. The lowest BCUT2D eigenvalue weighted by Crippen LogP contribution is -2.01. The van der Waals surface area contributed by atoms with Crippen molar-refractivity contribution < 1.29 is 4.42 Å². The Balaban J connectivity index is 0.000000107. The molecule has 0 N–H and O–H groups in total. The van der Waals surface area contributed by atoms with E-state index >= 15 is 0 Å². The summed E-state index contributed by atoms with van der Waals surface area (Å²) in [5, 5.41) is 28.4. The van der Waals surface area contributed by atoms with Gasteiger partial charge in [-0.1, -0.05) is 437 Å². The van der Waals surface area contributed by atoms with E-state index < -0.39 is 0 Å². The minimum Gasteiger partial charge on any atom is -0.456 e. The van der Waals surface area contributed by atoms with Crippen LogP contribution in [0.4, 0.5) is 0 Å². The zero-order chi connectivity index (χ0) is 96.9. The maximum absolute atomic E-state index is 6.57. The van der Waals surface area contributed by atoms with E-state index in [4.69, 9.17) is 49.3 Å². The van der Waals surface area contributed by atoms with E-state index in [2.05, 4.69) is 425 Å². The third-order valence-corrected chi connectivity index (χ3v) is 30.8. The largest absolute Gasteiger partial charge is 0.456 e. The standard InChI is InChI=1S/C45H27N3O.2C45H27N3S/c1-2-12-31(13-3-1)43-46-44(32-21-18-29(19-22-32)34-23-20-28-10-4-5-14-33(28)26-34)48-45(47-43)41-37-17-9-7-15-35(37)27-39-42(41)40-36-16-8-6-11-30(36)24-25-38(40)49-39;1-2-12-31(13-3-1)43-46-44(32-21-18-29(19-22-32)34-23-20-28-10-4-5-14-33(28)26-34)48-45(47-43)38-27-35-15-7-9-17-37(35)42-41(38)40-36-16-8-6-11-30(36)24-25-39(40)49-42;1-2-12-31(13-3-1)43-46-44(32-21-18-29(19-22-32)34-23-20-28-10-4-5-14-33(28)26-34)48-45(47-43)41-37-17-9-7-15-35(37)27-39-42(41)40-36-16-8-6-11-30(36)24-25-38(40)49-39/h3*1-27H. The normalized spacial score (nSPS) is 11.7. The van der Waals surface area contributed by atoms with Crippen molar-refractivity contribution in [1.82, 2.24) is 44.9 Å². The van der Waals surface area contributed by atoms with Gasteiger partial charge in [0, 0.05) is 101 Å². The van der Waals surface area contributed by atoms with Crippen LogP contribution in [0.25, 0.3) is 295 Å². The molecular weight excluding hydrogens is 1830 g/mol. The van der Waals surface area contributed by atoms with Crippen molar-refractivity contribution in [1.29, 1.82) is 0 Å². The molecule has 12 heteroatoms. The second kappa shape index (κ2) is 36.1. The summed E-state index contributed by atoms with van der Waals surface area (Å²) >= 11 is 3.68. The van der Waals surface area contributed by atoms with Gasteiger partial charge in [0.15, 0.2) is 52.4 Å². The number of hydrogen-bond donors (Lipinski definition) is 0. The number of nitrogens with zero attached hydrogens (tertiary/aromatic N) is 9. The third-order valence-electron chi connectivity index (χ3n) is 28.5. The molecule has 0 fully saturated rings. The molecule has 0 spiro atoms. The summed E-state index contributed by atoms with van der Waals surface area (Å²) in [6.45, 7) is 0. The van der Waals surface area contributed by atoms with Crippen molar-refractivity contribution in [2.45, 2.75) is 0 Å². The third kappa shape index (κ3) is 15.6. The van der Waals surface area contributed by atoms with Crippen LogP contribution >= 0.6 is 22.7 Å². The fourth-order valence-electron chi connectivity index (χ4n) is 21.3. The summed E-state index contributed by atoms with van der Waals surface area (Å²) in [5.41, 5.74) is 17.3. The highest BCUT2D eigenvalue weighted by molar-refractivity contribution is 7.27. The Labute approximate surface area is 852 Å². The molecule has 30 rings (SSSR count). The van der Waals surface area contributed by atoms with Gasteiger partial charge < -0.3 is 4.42 Å². The van der Waals surface area contributed by atoms with Gasteiger partial charge in [0.05, 0.1) is 0 Å². The minimum absolute atomic E-state index is 0.611. The highest BCUT2D eigenvalue weighted by Gasteiger charge is 2.28. The van der Waals surface area contributed by atoms with Gasteiger partial charge in [0.25, 0.3) is 0 Å². The van der Waals surface area contributed by atoms with E-state index in [1.807, 2.05) is 89.4 Å². The van der Waals surface area contributed by atoms with E-state index in [0.29, 0.717) is 52.4 Å². The number of aromatic nitrogens is 9. The van der Waals surface area contributed by atoms with E-state index in [-0.39, 0.29) is 0 Å². The van der Waals surface area contributed by atoms with Crippen molar-refractivity contribution in [3.05, 3.63) is 491 Å². The second-order valence-electron chi connectivity index (χ2n) is 37.3. The van der Waals surface area contributed by atoms with Crippen LogP contribution in [0, 0.1) is 0 Å². The quantitative estimate of drug-likeness (QED) is 0.117. The monoisotopic (exact) mass is 1910 g/mol. The first kappa shape index (κ1) is 85.8. The lowest BCUT2D eigenvalue weighted by Gasteiger charge is -2.13. The Morgan fingerprint density at radius 1 is 0.143 bits per heavy atom. The summed E-state index contributed by atoms with van der Waals surface area (Å²) in [5.74, 6) is 5.82. The number of furan rings is 1. The molecule has 0 aliphatic heterocycles. The van der Waals surface area contributed by atoms with Crippen LogP contribution in [0.3, 0.4) is 0 Å². The molecule has 0 atom stereocenters. The van der Waals surface area contributed by atoms with E-state index in [1.165, 1.54) is 127 Å². The summed E-state index contributed by atoms with van der Waals surface area (Å²) in [6, 6.07) is 173. The molecule has 0 radical (unpaired) electrons. The van der Waals surface area contributed by atoms with Crippen LogP contribution in [0.5, 0.6) is 0 Å². The molecule has 6 aromatic heterocycles. The van der Waals surface area contributed by atoms with Gasteiger partial charge in [-0.15, -0.1) is 22.7 Å². The van der Waals surface area contributed by atoms with E-state index in [1.54, 1.807) is 0 Å². The molecule has 0 aliphatic rings. The molecule has 0 unspecified atom stereocenters. The number of benzene rings is 24. The Hall–Kier alpha value is -19.1. The zero-order valence-electron chi connectivity index (χ0n) is 79.0. The summed E-state index contributed by atoms with van der Waals surface area (Å²) in [7, 11) is 0. The molecule has 147 heavy (non-hydrogen) atoms. The Morgan fingerprint density at radius 2 is 0.429 bits per heavy atom. The van der Waals surface area contributed by atoms with E-state index in [0.717, 1.165) is 116 Å². The second-order valence-corrected chi connectivity index (χ2v) is 39.4. The van der Waals surface area contributed by atoms with Crippen LogP contribution in [0.15, 0.2) is 496 Å². The molecule has 0 saturated heterocycles. The molecule has 10 nitrogen and oxygen atoms in total. The SMILES string of the molecule is c1ccc(-c2nc(-c3ccc(-c4ccc5ccccc5c4)cc3)nc(-c3c4ccccc4cc4oc5ccc6ccccc6c5c34)n2)cc1.c1ccc(-c2nc(-c3ccc(-c4ccc5ccccc5c4)cc3)nc(-c3c4ccccc4cc4sc5ccc6ccccc6c5c34)n2)cc1.c1ccc(-c2nc(-c3ccc(-c4ccc5ccccc5c4)cc3)nc(-c3cc4ccccc4c4sc5ccc6ccccc6c5c34)n2)cc1. The zero-order valence-corrected chi connectivity index (χ0v) is 80.6. The number of rotatable bonds is 12. The molecule has 0 amide bonds. The molecule has 24 aromatic carbocycles. The predicted octanol–water partition coefficient (Wildman–Crippen LogP) is 36.6. The summed E-state index contributed by atoms with van der Waals surface area (Å²) in [4.78, 5) is 46.6. The summed E-state index contributed by atoms with van der Waals surface area (Å²) < 4.78 is 11.6. The van der Waals surface area contributed by atoms with Crippen molar-refractivity contribution in [2.75, 3.05) is 0 Å². The lowest BCUT2D eigenvalue weighted by atomic mass is 9.95. The van der Waals surface area contributed by atoms with Crippen LogP contribution < -0.4 is 0 Å². The number of fused-ring (bicyclic) bond motifs is 22. The molecule has 0 bridgehead atoms. The molecule has 30 aromatic rings. The van der Waals surface area contributed by atoms with Gasteiger partial charge in [0.2, 0.25) is 0 Å². The van der Waals surface area contributed by atoms with Gasteiger partial charge in [-0.3, -0.25) is 0 Å². The maximum atomic E-state index is 6.57. The van der Waals surface area contributed by atoms with Crippen molar-refractivity contribution in [2.24, 2.45) is 0 Å². The smallest absolute Gasteiger partial charge is 0.165 e. The number of thiophene rings is 2. The van der Waals surface area contributed by atoms with Crippen LogP contribution in [-0.2, 0) is 0 Å². The topological polar surface area (TPSA) is 129 Å². The minimum atomic E-state index is 0.611. The lowest BCUT2D eigenvalue weighted by molar-refractivity contribution is 0.670. The first-order valence-electron chi connectivity index (χ1n) is 49.3. The molecule has 0 aliphatic carbocycles. The van der Waals surface area contributed by atoms with Crippen LogP contribution in [0.1, 0.15) is 0 Å².